The minimum Gasteiger partial charge on any atom is -0.493 e. The molecular weight excluding hydrogens is 258 g/mol. The van der Waals surface area contributed by atoms with Crippen LogP contribution in [0.15, 0.2) is 41.2 Å². The van der Waals surface area contributed by atoms with Crippen molar-refractivity contribution in [1.29, 1.82) is 0 Å². The molecule has 2 atom stereocenters. The first kappa shape index (κ1) is 14.4. The summed E-state index contributed by atoms with van der Waals surface area (Å²) in [5.74, 6) is 1.01. The second-order valence-corrected chi connectivity index (χ2v) is 4.46. The SMILES string of the molecule is COc1ccc(C(CN)C(O)c2ccoc2)cc1OC. The first-order chi connectivity index (χ1) is 9.71. The summed E-state index contributed by atoms with van der Waals surface area (Å²) < 4.78 is 15.5. The van der Waals surface area contributed by atoms with E-state index in [-0.39, 0.29) is 5.92 Å². The van der Waals surface area contributed by atoms with E-state index in [1.807, 2.05) is 12.1 Å². The minimum atomic E-state index is -0.725. The largest absolute Gasteiger partial charge is 0.493 e. The number of methoxy groups -OCH3 is 2. The van der Waals surface area contributed by atoms with Gasteiger partial charge < -0.3 is 24.7 Å². The van der Waals surface area contributed by atoms with Gasteiger partial charge in [0, 0.05) is 18.0 Å². The predicted octanol–water partition coefficient (Wildman–Crippen LogP) is 2.07. The second-order valence-electron chi connectivity index (χ2n) is 4.46. The summed E-state index contributed by atoms with van der Waals surface area (Å²) in [6.07, 6.45) is 2.33. The van der Waals surface area contributed by atoms with Gasteiger partial charge in [-0.15, -0.1) is 0 Å². The second kappa shape index (κ2) is 6.45. The fourth-order valence-electron chi connectivity index (χ4n) is 2.21. The van der Waals surface area contributed by atoms with Crippen LogP contribution in [0.25, 0.3) is 0 Å². The molecule has 2 aromatic rings. The molecule has 0 fully saturated rings. The lowest BCUT2D eigenvalue weighted by Gasteiger charge is -2.22. The molecule has 0 bridgehead atoms. The van der Waals surface area contributed by atoms with Crippen LogP contribution < -0.4 is 15.2 Å². The van der Waals surface area contributed by atoms with Crippen LogP contribution in [-0.2, 0) is 0 Å². The van der Waals surface area contributed by atoms with Gasteiger partial charge in [-0.2, -0.15) is 0 Å². The van der Waals surface area contributed by atoms with Crippen LogP contribution in [0.2, 0.25) is 0 Å². The van der Waals surface area contributed by atoms with Gasteiger partial charge in [0.1, 0.15) is 0 Å². The van der Waals surface area contributed by atoms with Crippen LogP contribution in [0.4, 0.5) is 0 Å². The smallest absolute Gasteiger partial charge is 0.160 e. The summed E-state index contributed by atoms with van der Waals surface area (Å²) in [4.78, 5) is 0. The molecule has 0 aliphatic rings. The molecule has 5 heteroatoms. The minimum absolute atomic E-state index is 0.243. The Morgan fingerprint density at radius 2 is 1.90 bits per heavy atom. The number of furan rings is 1. The summed E-state index contributed by atoms with van der Waals surface area (Å²) in [6, 6.07) is 7.24. The lowest BCUT2D eigenvalue weighted by molar-refractivity contribution is 0.146. The van der Waals surface area contributed by atoms with E-state index in [9.17, 15) is 5.11 Å². The molecule has 2 rings (SSSR count). The van der Waals surface area contributed by atoms with Gasteiger partial charge >= 0.3 is 0 Å². The molecule has 0 aliphatic heterocycles. The number of benzene rings is 1. The summed E-state index contributed by atoms with van der Waals surface area (Å²) in [5, 5.41) is 10.4. The maximum atomic E-state index is 10.4. The van der Waals surface area contributed by atoms with E-state index in [1.54, 1.807) is 26.4 Å². The molecule has 108 valence electrons. The maximum absolute atomic E-state index is 10.4. The zero-order valence-electron chi connectivity index (χ0n) is 11.6. The van der Waals surface area contributed by atoms with Gasteiger partial charge in [0.15, 0.2) is 11.5 Å². The van der Waals surface area contributed by atoms with Crippen LogP contribution in [0, 0.1) is 0 Å². The Morgan fingerprint density at radius 3 is 2.45 bits per heavy atom. The normalized spacial score (nSPS) is 13.8. The lowest BCUT2D eigenvalue weighted by atomic mass is 9.90. The van der Waals surface area contributed by atoms with Crippen molar-refractivity contribution in [2.45, 2.75) is 12.0 Å². The number of ether oxygens (including phenoxy) is 2. The van der Waals surface area contributed by atoms with Crippen LogP contribution in [0.1, 0.15) is 23.1 Å². The van der Waals surface area contributed by atoms with E-state index in [2.05, 4.69) is 0 Å². The highest BCUT2D eigenvalue weighted by Gasteiger charge is 2.23. The van der Waals surface area contributed by atoms with Gasteiger partial charge in [0.25, 0.3) is 0 Å². The van der Waals surface area contributed by atoms with Crippen LogP contribution in [-0.4, -0.2) is 25.9 Å². The van der Waals surface area contributed by atoms with Crippen molar-refractivity contribution in [3.8, 4) is 11.5 Å². The van der Waals surface area contributed by atoms with Crippen molar-refractivity contribution >= 4 is 0 Å². The molecule has 0 spiro atoms. The zero-order valence-corrected chi connectivity index (χ0v) is 11.6. The number of aliphatic hydroxyl groups is 1. The number of rotatable bonds is 6. The summed E-state index contributed by atoms with van der Waals surface area (Å²) >= 11 is 0. The number of nitrogens with two attached hydrogens (primary N) is 1. The highest BCUT2D eigenvalue weighted by molar-refractivity contribution is 5.44. The van der Waals surface area contributed by atoms with Gasteiger partial charge in [0.2, 0.25) is 0 Å². The summed E-state index contributed by atoms with van der Waals surface area (Å²) in [7, 11) is 3.16. The van der Waals surface area contributed by atoms with Gasteiger partial charge in [-0.3, -0.25) is 0 Å². The molecule has 0 amide bonds. The van der Waals surface area contributed by atoms with E-state index >= 15 is 0 Å². The van der Waals surface area contributed by atoms with Gasteiger partial charge in [0.05, 0.1) is 32.8 Å². The van der Waals surface area contributed by atoms with Crippen molar-refractivity contribution in [2.75, 3.05) is 20.8 Å². The third kappa shape index (κ3) is 2.79. The van der Waals surface area contributed by atoms with E-state index in [0.29, 0.717) is 23.6 Å². The molecule has 3 N–H and O–H groups in total. The number of hydrogen-bond acceptors (Lipinski definition) is 5. The van der Waals surface area contributed by atoms with Crippen molar-refractivity contribution < 1.29 is 19.0 Å². The molecule has 1 heterocycles. The average Bonchev–Trinajstić information content (AvgIpc) is 3.01. The Hall–Kier alpha value is -1.98. The first-order valence-corrected chi connectivity index (χ1v) is 6.33. The van der Waals surface area contributed by atoms with Gasteiger partial charge in [-0.25, -0.2) is 0 Å². The summed E-state index contributed by atoms with van der Waals surface area (Å²) in [5.41, 5.74) is 7.40. The van der Waals surface area contributed by atoms with Crippen molar-refractivity contribution in [3.05, 3.63) is 47.9 Å². The van der Waals surface area contributed by atoms with Gasteiger partial charge in [-0.05, 0) is 23.8 Å². The first-order valence-electron chi connectivity index (χ1n) is 6.33. The number of hydrogen-bond donors (Lipinski definition) is 2. The van der Waals surface area contributed by atoms with E-state index in [0.717, 1.165) is 5.56 Å². The Bertz CT molecular complexity index is 539. The molecule has 20 heavy (non-hydrogen) atoms. The fourth-order valence-corrected chi connectivity index (χ4v) is 2.21. The Labute approximate surface area is 117 Å². The zero-order chi connectivity index (χ0) is 14.5. The topological polar surface area (TPSA) is 77.9 Å². The van der Waals surface area contributed by atoms with E-state index < -0.39 is 6.10 Å². The van der Waals surface area contributed by atoms with E-state index in [4.69, 9.17) is 19.6 Å². The van der Waals surface area contributed by atoms with Gasteiger partial charge in [-0.1, -0.05) is 6.07 Å². The molecule has 2 unspecified atom stereocenters. The predicted molar refractivity (Wildman–Crippen MR) is 75.0 cm³/mol. The Morgan fingerprint density at radius 1 is 1.15 bits per heavy atom. The standard InChI is InChI=1S/C15H19NO4/c1-18-13-4-3-10(7-14(13)19-2)12(8-16)15(17)11-5-6-20-9-11/h3-7,9,12,15,17H,8,16H2,1-2H3. The maximum Gasteiger partial charge on any atom is 0.160 e. The van der Waals surface area contributed by atoms with Crippen LogP contribution >= 0.6 is 0 Å². The lowest BCUT2D eigenvalue weighted by Crippen LogP contribution is -2.20. The van der Waals surface area contributed by atoms with E-state index in [1.165, 1.54) is 12.5 Å². The molecule has 1 aromatic heterocycles. The fraction of sp³-hybridized carbons (Fsp3) is 0.333. The highest BCUT2D eigenvalue weighted by atomic mass is 16.5. The molecule has 0 saturated heterocycles. The van der Waals surface area contributed by atoms with Crippen LogP contribution in [0.3, 0.4) is 0 Å². The van der Waals surface area contributed by atoms with Crippen molar-refractivity contribution in [2.24, 2.45) is 5.73 Å². The van der Waals surface area contributed by atoms with Crippen molar-refractivity contribution in [1.82, 2.24) is 0 Å². The van der Waals surface area contributed by atoms with Crippen LogP contribution in [0.5, 0.6) is 11.5 Å². The highest BCUT2D eigenvalue weighted by Crippen LogP contribution is 2.35. The average molecular weight is 277 g/mol. The molecule has 1 aromatic carbocycles. The third-order valence-electron chi connectivity index (χ3n) is 3.36. The molecule has 5 nitrogen and oxygen atoms in total. The molecular formula is C15H19NO4. The number of aliphatic hydroxyl groups excluding tert-OH is 1. The summed E-state index contributed by atoms with van der Waals surface area (Å²) in [6.45, 7) is 0.307. The van der Waals surface area contributed by atoms with Crippen molar-refractivity contribution in [3.63, 3.8) is 0 Å². The Kier molecular flexibility index (Phi) is 4.65. The molecule has 0 aliphatic carbocycles. The molecule has 0 saturated carbocycles. The third-order valence-corrected chi connectivity index (χ3v) is 3.36. The molecule has 0 radical (unpaired) electrons. The Balaban J connectivity index is 2.32. The quantitative estimate of drug-likeness (QED) is 0.845. The monoisotopic (exact) mass is 277 g/mol.